The van der Waals surface area contributed by atoms with Gasteiger partial charge in [0, 0.05) is 17.1 Å². The van der Waals surface area contributed by atoms with E-state index in [0.29, 0.717) is 0 Å². The van der Waals surface area contributed by atoms with Crippen LogP contribution in [0.25, 0.3) is 55.6 Å². The van der Waals surface area contributed by atoms with Gasteiger partial charge in [-0.15, -0.1) is 0 Å². The summed E-state index contributed by atoms with van der Waals surface area (Å²) in [7, 11) is 0. The SMILES string of the molecule is c1ccc(-c2cccc(-c3ccc(N(c4cccc(-c5cccc(-c6ccccc6)c5)c4)c4cccc(C5(c6ccccc6)c6ccccc6-c6ccccc65)c4)cc3)c2)cc1. The maximum atomic E-state index is 2.42. The van der Waals surface area contributed by atoms with Gasteiger partial charge in [-0.3, -0.25) is 0 Å². The van der Waals surface area contributed by atoms with E-state index < -0.39 is 5.41 Å². The zero-order valence-electron chi connectivity index (χ0n) is 34.3. The van der Waals surface area contributed by atoms with E-state index in [9.17, 15) is 0 Å². The Morgan fingerprint density at radius 2 is 0.597 bits per heavy atom. The average Bonchev–Trinajstić information content (AvgIpc) is 3.66. The number of hydrogen-bond acceptors (Lipinski definition) is 1. The van der Waals surface area contributed by atoms with Crippen molar-refractivity contribution in [1.29, 1.82) is 0 Å². The molecule has 0 heterocycles. The van der Waals surface area contributed by atoms with Crippen LogP contribution in [0.5, 0.6) is 0 Å². The highest BCUT2D eigenvalue weighted by molar-refractivity contribution is 5.88. The molecular formula is C61H43N. The second-order valence-corrected chi connectivity index (χ2v) is 16.1. The summed E-state index contributed by atoms with van der Waals surface area (Å²) >= 11 is 0. The van der Waals surface area contributed by atoms with Gasteiger partial charge < -0.3 is 4.90 Å². The summed E-state index contributed by atoms with van der Waals surface area (Å²) in [6.45, 7) is 0. The molecule has 0 spiro atoms. The standard InChI is InChI=1S/C61H43N/c1-4-18-44(19-5-1)47-22-14-24-49(40-47)46-36-38-54(39-37-46)62(55-30-16-26-51(42-55)50-25-15-23-48(41-50)45-20-6-2-7-21-45)56-31-17-29-53(43-56)61(52-27-8-3-9-28-52)59-34-12-10-32-57(59)58-33-11-13-35-60(58)61/h1-43H. The third kappa shape index (κ3) is 6.52. The number of fused-ring (bicyclic) bond motifs is 3. The minimum absolute atomic E-state index is 0.510. The molecule has 11 rings (SSSR count). The van der Waals surface area contributed by atoms with Crippen LogP contribution in [0.2, 0.25) is 0 Å². The van der Waals surface area contributed by atoms with E-state index >= 15 is 0 Å². The minimum atomic E-state index is -0.510. The van der Waals surface area contributed by atoms with Crippen molar-refractivity contribution in [2.24, 2.45) is 0 Å². The van der Waals surface area contributed by atoms with Gasteiger partial charge in [0.15, 0.2) is 0 Å². The topological polar surface area (TPSA) is 3.24 Å². The van der Waals surface area contributed by atoms with Crippen molar-refractivity contribution in [3.05, 3.63) is 283 Å². The van der Waals surface area contributed by atoms with Crippen molar-refractivity contribution in [3.8, 4) is 55.6 Å². The van der Waals surface area contributed by atoms with E-state index in [1.807, 2.05) is 0 Å². The van der Waals surface area contributed by atoms with Crippen LogP contribution in [0, 0.1) is 0 Å². The molecule has 0 aliphatic heterocycles. The van der Waals surface area contributed by atoms with Crippen molar-refractivity contribution in [2.75, 3.05) is 4.90 Å². The lowest BCUT2D eigenvalue weighted by Crippen LogP contribution is -2.28. The zero-order valence-corrected chi connectivity index (χ0v) is 34.3. The van der Waals surface area contributed by atoms with Crippen LogP contribution in [0.4, 0.5) is 17.1 Å². The smallest absolute Gasteiger partial charge is 0.0714 e. The number of benzene rings is 10. The van der Waals surface area contributed by atoms with Gasteiger partial charge in [-0.2, -0.15) is 0 Å². The first-order valence-electron chi connectivity index (χ1n) is 21.4. The lowest BCUT2D eigenvalue weighted by atomic mass is 9.67. The van der Waals surface area contributed by atoms with Gasteiger partial charge in [0.1, 0.15) is 0 Å². The molecule has 1 aliphatic rings. The molecule has 10 aromatic carbocycles. The molecule has 62 heavy (non-hydrogen) atoms. The fourth-order valence-electron chi connectivity index (χ4n) is 9.68. The van der Waals surface area contributed by atoms with Crippen LogP contribution in [-0.2, 0) is 5.41 Å². The summed E-state index contributed by atoms with van der Waals surface area (Å²) in [6.07, 6.45) is 0. The summed E-state index contributed by atoms with van der Waals surface area (Å²) in [5.41, 5.74) is 19.9. The van der Waals surface area contributed by atoms with Crippen LogP contribution in [0.1, 0.15) is 22.3 Å². The second-order valence-electron chi connectivity index (χ2n) is 16.1. The molecule has 0 radical (unpaired) electrons. The molecule has 1 aliphatic carbocycles. The second kappa shape index (κ2) is 15.9. The Kier molecular flexibility index (Phi) is 9.48. The first-order valence-corrected chi connectivity index (χ1v) is 21.4. The zero-order chi connectivity index (χ0) is 41.3. The Balaban J connectivity index is 1.07. The number of hydrogen-bond donors (Lipinski definition) is 0. The Labute approximate surface area is 364 Å². The van der Waals surface area contributed by atoms with Crippen molar-refractivity contribution < 1.29 is 0 Å². The number of anilines is 3. The van der Waals surface area contributed by atoms with Crippen molar-refractivity contribution >= 4 is 17.1 Å². The Hall–Kier alpha value is -8.00. The first kappa shape index (κ1) is 37.0. The fraction of sp³-hybridized carbons (Fsp3) is 0.0164. The summed E-state index contributed by atoms with van der Waals surface area (Å²) < 4.78 is 0. The lowest BCUT2D eigenvalue weighted by Gasteiger charge is -2.35. The molecule has 0 saturated heterocycles. The van der Waals surface area contributed by atoms with Crippen LogP contribution in [-0.4, -0.2) is 0 Å². The van der Waals surface area contributed by atoms with Crippen molar-refractivity contribution in [1.82, 2.24) is 0 Å². The van der Waals surface area contributed by atoms with E-state index in [0.717, 1.165) is 22.6 Å². The molecule has 0 atom stereocenters. The predicted molar refractivity (Wildman–Crippen MR) is 260 cm³/mol. The van der Waals surface area contributed by atoms with Gasteiger partial charge in [-0.05, 0) is 126 Å². The van der Waals surface area contributed by atoms with E-state index in [-0.39, 0.29) is 0 Å². The molecule has 1 nitrogen and oxygen atoms in total. The van der Waals surface area contributed by atoms with Gasteiger partial charge in [-0.1, -0.05) is 212 Å². The molecule has 0 bridgehead atoms. The normalized spacial score (nSPS) is 12.3. The van der Waals surface area contributed by atoms with Crippen LogP contribution in [0.15, 0.2) is 261 Å². The molecule has 0 unspecified atom stereocenters. The highest BCUT2D eigenvalue weighted by atomic mass is 15.1. The summed E-state index contributed by atoms with van der Waals surface area (Å²) in [4.78, 5) is 2.42. The minimum Gasteiger partial charge on any atom is -0.310 e. The third-order valence-corrected chi connectivity index (χ3v) is 12.5. The average molecular weight is 790 g/mol. The highest BCUT2D eigenvalue weighted by Crippen LogP contribution is 2.56. The van der Waals surface area contributed by atoms with E-state index in [1.54, 1.807) is 0 Å². The van der Waals surface area contributed by atoms with E-state index in [2.05, 4.69) is 266 Å². The van der Waals surface area contributed by atoms with Gasteiger partial charge in [-0.25, -0.2) is 0 Å². The molecule has 10 aromatic rings. The van der Waals surface area contributed by atoms with Crippen LogP contribution in [0.3, 0.4) is 0 Å². The maximum absolute atomic E-state index is 2.42. The number of rotatable bonds is 9. The largest absolute Gasteiger partial charge is 0.310 e. The molecule has 0 amide bonds. The molecule has 1 heteroatoms. The summed E-state index contributed by atoms with van der Waals surface area (Å²) in [5.74, 6) is 0. The molecule has 0 aromatic heterocycles. The van der Waals surface area contributed by atoms with Crippen molar-refractivity contribution in [3.63, 3.8) is 0 Å². The molecule has 0 saturated carbocycles. The molecule has 0 fully saturated rings. The maximum Gasteiger partial charge on any atom is 0.0714 e. The lowest BCUT2D eigenvalue weighted by molar-refractivity contribution is 0.768. The quantitative estimate of drug-likeness (QED) is 0.141. The molecular weight excluding hydrogens is 747 g/mol. The van der Waals surface area contributed by atoms with Gasteiger partial charge in [0.25, 0.3) is 0 Å². The predicted octanol–water partition coefficient (Wildman–Crippen LogP) is 16.2. The number of nitrogens with zero attached hydrogens (tertiary/aromatic N) is 1. The van der Waals surface area contributed by atoms with Gasteiger partial charge in [0.05, 0.1) is 5.41 Å². The van der Waals surface area contributed by atoms with Crippen LogP contribution < -0.4 is 4.90 Å². The third-order valence-electron chi connectivity index (χ3n) is 12.5. The monoisotopic (exact) mass is 789 g/mol. The first-order chi connectivity index (χ1) is 30.7. The molecule has 0 N–H and O–H groups in total. The Morgan fingerprint density at radius 3 is 1.15 bits per heavy atom. The van der Waals surface area contributed by atoms with Crippen LogP contribution >= 0.6 is 0 Å². The molecule has 292 valence electrons. The van der Waals surface area contributed by atoms with E-state index in [4.69, 9.17) is 0 Å². The highest BCUT2D eigenvalue weighted by Gasteiger charge is 2.46. The van der Waals surface area contributed by atoms with Crippen molar-refractivity contribution in [2.45, 2.75) is 5.41 Å². The van der Waals surface area contributed by atoms with Gasteiger partial charge in [0.2, 0.25) is 0 Å². The Morgan fingerprint density at radius 1 is 0.226 bits per heavy atom. The summed E-state index contributed by atoms with van der Waals surface area (Å²) in [5, 5.41) is 0. The van der Waals surface area contributed by atoms with E-state index in [1.165, 1.54) is 72.3 Å². The summed E-state index contributed by atoms with van der Waals surface area (Å²) in [6, 6.07) is 95.2. The Bertz CT molecular complexity index is 3120. The van der Waals surface area contributed by atoms with Gasteiger partial charge >= 0.3 is 0 Å². The fourth-order valence-corrected chi connectivity index (χ4v) is 9.68.